The van der Waals surface area contributed by atoms with E-state index in [2.05, 4.69) is 24.8 Å². The van der Waals surface area contributed by atoms with Crippen molar-refractivity contribution in [1.29, 1.82) is 0 Å². The van der Waals surface area contributed by atoms with Crippen molar-refractivity contribution in [1.82, 2.24) is 0 Å². The van der Waals surface area contributed by atoms with Gasteiger partial charge in [-0.1, -0.05) is 43.0 Å². The molecule has 1 atom stereocenters. The lowest BCUT2D eigenvalue weighted by Crippen LogP contribution is -2.18. The molecule has 0 aromatic heterocycles. The molecule has 0 bridgehead atoms. The van der Waals surface area contributed by atoms with Gasteiger partial charge in [0.2, 0.25) is 0 Å². The fraction of sp³-hybridized carbons (Fsp3) is 0.250. The first-order valence-corrected chi connectivity index (χ1v) is 6.22. The average molecular weight is 241 g/mol. The molecule has 0 aliphatic heterocycles. The summed E-state index contributed by atoms with van der Waals surface area (Å²) in [6.07, 6.45) is 2.57. The van der Waals surface area contributed by atoms with E-state index in [0.29, 0.717) is 6.61 Å². The summed E-state index contributed by atoms with van der Waals surface area (Å²) < 4.78 is 5.72. The van der Waals surface area contributed by atoms with E-state index in [1.807, 2.05) is 25.1 Å². The van der Waals surface area contributed by atoms with Gasteiger partial charge in [-0.15, -0.1) is 0 Å². The quantitative estimate of drug-likeness (QED) is 0.815. The highest BCUT2D eigenvalue weighted by Crippen LogP contribution is 2.29. The lowest BCUT2D eigenvalue weighted by atomic mass is 9.98. The Morgan fingerprint density at radius 3 is 2.78 bits per heavy atom. The van der Waals surface area contributed by atoms with Gasteiger partial charge in [-0.05, 0) is 30.2 Å². The summed E-state index contributed by atoms with van der Waals surface area (Å²) >= 11 is 0. The highest BCUT2D eigenvalue weighted by molar-refractivity contribution is 5.87. The van der Waals surface area contributed by atoms with Crippen LogP contribution >= 0.6 is 0 Å². The minimum absolute atomic E-state index is 0.113. The van der Waals surface area contributed by atoms with Crippen LogP contribution in [0.4, 0.5) is 0 Å². The average Bonchev–Trinajstić information content (AvgIpc) is 2.37. The monoisotopic (exact) mass is 241 g/mol. The van der Waals surface area contributed by atoms with Crippen LogP contribution in [-0.2, 0) is 6.42 Å². The van der Waals surface area contributed by atoms with Gasteiger partial charge >= 0.3 is 0 Å². The third-order valence-electron chi connectivity index (χ3n) is 2.88. The Labute approximate surface area is 108 Å². The maximum atomic E-state index is 5.94. The molecule has 2 N–H and O–H groups in total. The second-order valence-corrected chi connectivity index (χ2v) is 4.54. The molecule has 94 valence electrons. The second kappa shape index (κ2) is 5.69. The van der Waals surface area contributed by atoms with E-state index in [1.165, 1.54) is 16.3 Å². The predicted octanol–water partition coefficient (Wildman–Crippen LogP) is 3.29. The highest BCUT2D eigenvalue weighted by Gasteiger charge is 2.10. The first kappa shape index (κ1) is 12.7. The standard InChI is InChI=1S/C16H19NO/c1-3-10-18-16-9-8-13-6-4-5-7-14(13)15(16)11-12(2)17/h3-9,12H,1,10-11,17H2,2H3. The number of benzene rings is 2. The molecule has 0 fully saturated rings. The minimum atomic E-state index is 0.113. The molecule has 0 spiro atoms. The second-order valence-electron chi connectivity index (χ2n) is 4.54. The molecule has 2 aromatic rings. The topological polar surface area (TPSA) is 35.2 Å². The number of fused-ring (bicyclic) bond motifs is 1. The van der Waals surface area contributed by atoms with E-state index in [4.69, 9.17) is 10.5 Å². The van der Waals surface area contributed by atoms with E-state index in [1.54, 1.807) is 6.08 Å². The largest absolute Gasteiger partial charge is 0.489 e. The molecule has 2 nitrogen and oxygen atoms in total. The third-order valence-corrected chi connectivity index (χ3v) is 2.88. The van der Waals surface area contributed by atoms with Crippen molar-refractivity contribution in [2.24, 2.45) is 5.73 Å². The zero-order valence-electron chi connectivity index (χ0n) is 10.7. The maximum absolute atomic E-state index is 5.94. The van der Waals surface area contributed by atoms with Gasteiger partial charge in [0.1, 0.15) is 12.4 Å². The maximum Gasteiger partial charge on any atom is 0.123 e. The highest BCUT2D eigenvalue weighted by atomic mass is 16.5. The Morgan fingerprint density at radius 1 is 1.28 bits per heavy atom. The fourth-order valence-corrected chi connectivity index (χ4v) is 2.13. The van der Waals surface area contributed by atoms with Gasteiger partial charge in [-0.3, -0.25) is 0 Å². The molecular formula is C16H19NO. The van der Waals surface area contributed by atoms with Crippen molar-refractivity contribution < 1.29 is 4.74 Å². The van der Waals surface area contributed by atoms with E-state index in [9.17, 15) is 0 Å². The lowest BCUT2D eigenvalue weighted by molar-refractivity contribution is 0.359. The SMILES string of the molecule is C=CCOc1ccc2ccccc2c1CC(C)N. The van der Waals surface area contributed by atoms with Crippen LogP contribution in [0, 0.1) is 0 Å². The number of ether oxygens (including phenoxy) is 1. The summed E-state index contributed by atoms with van der Waals surface area (Å²) in [7, 11) is 0. The molecule has 0 radical (unpaired) electrons. The Hall–Kier alpha value is -1.80. The van der Waals surface area contributed by atoms with Crippen LogP contribution in [0.25, 0.3) is 10.8 Å². The molecule has 18 heavy (non-hydrogen) atoms. The summed E-state index contributed by atoms with van der Waals surface area (Å²) in [6, 6.07) is 12.5. The Balaban J connectivity index is 2.51. The van der Waals surface area contributed by atoms with Gasteiger partial charge in [-0.25, -0.2) is 0 Å². The van der Waals surface area contributed by atoms with Crippen molar-refractivity contribution in [3.63, 3.8) is 0 Å². The lowest BCUT2D eigenvalue weighted by Gasteiger charge is -2.15. The summed E-state index contributed by atoms with van der Waals surface area (Å²) in [6.45, 7) is 6.21. The van der Waals surface area contributed by atoms with Crippen molar-refractivity contribution in [3.05, 3.63) is 54.6 Å². The normalized spacial score (nSPS) is 12.3. The smallest absolute Gasteiger partial charge is 0.123 e. The van der Waals surface area contributed by atoms with E-state index in [0.717, 1.165) is 12.2 Å². The van der Waals surface area contributed by atoms with Crippen LogP contribution in [0.15, 0.2) is 49.1 Å². The Kier molecular flexibility index (Phi) is 4.00. The van der Waals surface area contributed by atoms with Crippen LogP contribution in [-0.4, -0.2) is 12.6 Å². The van der Waals surface area contributed by atoms with Crippen LogP contribution in [0.2, 0.25) is 0 Å². The predicted molar refractivity (Wildman–Crippen MR) is 77.0 cm³/mol. The van der Waals surface area contributed by atoms with Crippen LogP contribution < -0.4 is 10.5 Å². The third kappa shape index (κ3) is 2.71. The van der Waals surface area contributed by atoms with Crippen molar-refractivity contribution in [3.8, 4) is 5.75 Å². The Bertz CT molecular complexity index is 546. The van der Waals surface area contributed by atoms with Gasteiger partial charge in [0.25, 0.3) is 0 Å². The molecule has 1 unspecified atom stereocenters. The van der Waals surface area contributed by atoms with Crippen LogP contribution in [0.3, 0.4) is 0 Å². The fourth-order valence-electron chi connectivity index (χ4n) is 2.13. The molecular weight excluding hydrogens is 222 g/mol. The molecule has 2 rings (SSSR count). The summed E-state index contributed by atoms with van der Waals surface area (Å²) in [5.41, 5.74) is 7.12. The molecule has 2 heteroatoms. The van der Waals surface area contributed by atoms with Gasteiger partial charge < -0.3 is 10.5 Å². The van der Waals surface area contributed by atoms with Crippen LogP contribution in [0.5, 0.6) is 5.75 Å². The first-order chi connectivity index (χ1) is 8.72. The summed E-state index contributed by atoms with van der Waals surface area (Å²) in [5, 5.41) is 2.44. The number of hydrogen-bond donors (Lipinski definition) is 1. The first-order valence-electron chi connectivity index (χ1n) is 6.22. The van der Waals surface area contributed by atoms with Crippen molar-refractivity contribution in [2.75, 3.05) is 6.61 Å². The van der Waals surface area contributed by atoms with E-state index >= 15 is 0 Å². The van der Waals surface area contributed by atoms with Gasteiger partial charge in [0.15, 0.2) is 0 Å². The van der Waals surface area contributed by atoms with Gasteiger partial charge in [-0.2, -0.15) is 0 Å². The van der Waals surface area contributed by atoms with E-state index in [-0.39, 0.29) is 6.04 Å². The number of hydrogen-bond acceptors (Lipinski definition) is 2. The van der Waals surface area contributed by atoms with E-state index < -0.39 is 0 Å². The molecule has 0 heterocycles. The zero-order valence-corrected chi connectivity index (χ0v) is 10.7. The molecule has 0 saturated carbocycles. The van der Waals surface area contributed by atoms with Gasteiger partial charge in [0, 0.05) is 11.6 Å². The molecule has 0 saturated heterocycles. The molecule has 0 aliphatic carbocycles. The number of rotatable bonds is 5. The Morgan fingerprint density at radius 2 is 2.06 bits per heavy atom. The number of nitrogens with two attached hydrogens (primary N) is 1. The molecule has 2 aromatic carbocycles. The van der Waals surface area contributed by atoms with Crippen LogP contribution in [0.1, 0.15) is 12.5 Å². The zero-order chi connectivity index (χ0) is 13.0. The summed E-state index contributed by atoms with van der Waals surface area (Å²) in [4.78, 5) is 0. The molecule has 0 aliphatic rings. The van der Waals surface area contributed by atoms with Crippen molar-refractivity contribution in [2.45, 2.75) is 19.4 Å². The van der Waals surface area contributed by atoms with Crippen molar-refractivity contribution >= 4 is 10.8 Å². The molecule has 0 amide bonds. The van der Waals surface area contributed by atoms with Gasteiger partial charge in [0.05, 0.1) is 0 Å². The summed E-state index contributed by atoms with van der Waals surface area (Å²) in [5.74, 6) is 0.908. The minimum Gasteiger partial charge on any atom is -0.489 e.